The van der Waals surface area contributed by atoms with Gasteiger partial charge in [0, 0.05) is 18.8 Å². The number of anilines is 3. The summed E-state index contributed by atoms with van der Waals surface area (Å²) in [6, 6.07) is 3.53. The molecule has 0 radical (unpaired) electrons. The molecule has 0 fully saturated rings. The van der Waals surface area contributed by atoms with E-state index >= 15 is 0 Å². The summed E-state index contributed by atoms with van der Waals surface area (Å²) in [5.74, 6) is -0.757. The van der Waals surface area contributed by atoms with Crippen molar-refractivity contribution >= 4 is 33.3 Å². The molecule has 2 N–H and O–H groups in total. The van der Waals surface area contributed by atoms with Gasteiger partial charge in [0.2, 0.25) is 0 Å². The van der Waals surface area contributed by atoms with Crippen molar-refractivity contribution in [2.45, 2.75) is 0 Å². The fourth-order valence-electron chi connectivity index (χ4n) is 1.34. The van der Waals surface area contributed by atoms with Crippen molar-refractivity contribution in [1.82, 2.24) is 9.97 Å². The van der Waals surface area contributed by atoms with E-state index in [0.29, 0.717) is 21.8 Å². The summed E-state index contributed by atoms with van der Waals surface area (Å²) in [6.07, 6.45) is 1.36. The minimum atomic E-state index is -0.918. The molecular formula is C11H9BrF2N4. The lowest BCUT2D eigenvalue weighted by Gasteiger charge is -2.10. The van der Waals surface area contributed by atoms with Gasteiger partial charge < -0.3 is 10.6 Å². The highest BCUT2D eigenvalue weighted by Crippen LogP contribution is 2.28. The van der Waals surface area contributed by atoms with E-state index in [2.05, 4.69) is 36.5 Å². The summed E-state index contributed by atoms with van der Waals surface area (Å²) in [4.78, 5) is 8.00. The molecule has 0 unspecified atom stereocenters. The van der Waals surface area contributed by atoms with Crippen LogP contribution in [0.25, 0.3) is 0 Å². The van der Waals surface area contributed by atoms with Crippen LogP contribution in [0.5, 0.6) is 0 Å². The smallest absolute Gasteiger partial charge is 0.160 e. The Morgan fingerprint density at radius 1 is 1.11 bits per heavy atom. The third-order valence-electron chi connectivity index (χ3n) is 2.21. The second-order valence-electron chi connectivity index (χ2n) is 3.39. The van der Waals surface area contributed by atoms with Gasteiger partial charge in [-0.05, 0) is 28.1 Å². The van der Waals surface area contributed by atoms with Crippen molar-refractivity contribution in [3.8, 4) is 0 Å². The molecule has 2 rings (SSSR count). The van der Waals surface area contributed by atoms with Crippen LogP contribution < -0.4 is 10.6 Å². The molecule has 0 atom stereocenters. The Kier molecular flexibility index (Phi) is 3.71. The molecule has 0 aliphatic rings. The maximum absolute atomic E-state index is 13.1. The van der Waals surface area contributed by atoms with E-state index in [1.807, 2.05) is 0 Å². The van der Waals surface area contributed by atoms with Crippen LogP contribution in [0.3, 0.4) is 0 Å². The number of benzene rings is 1. The average molecular weight is 315 g/mol. The van der Waals surface area contributed by atoms with Gasteiger partial charge in [0.05, 0.1) is 0 Å². The topological polar surface area (TPSA) is 49.8 Å². The molecule has 1 aromatic carbocycles. The molecule has 18 heavy (non-hydrogen) atoms. The Morgan fingerprint density at radius 2 is 1.83 bits per heavy atom. The fraction of sp³-hybridized carbons (Fsp3) is 0.0909. The molecule has 4 nitrogen and oxygen atoms in total. The Hall–Kier alpha value is -1.76. The quantitative estimate of drug-likeness (QED) is 0.912. The average Bonchev–Trinajstić information content (AvgIpc) is 2.36. The van der Waals surface area contributed by atoms with Crippen molar-refractivity contribution in [1.29, 1.82) is 0 Å². The maximum Gasteiger partial charge on any atom is 0.160 e. The van der Waals surface area contributed by atoms with E-state index in [9.17, 15) is 8.78 Å². The van der Waals surface area contributed by atoms with Gasteiger partial charge >= 0.3 is 0 Å². The van der Waals surface area contributed by atoms with Crippen LogP contribution in [0, 0.1) is 11.6 Å². The monoisotopic (exact) mass is 314 g/mol. The number of nitrogens with zero attached hydrogens (tertiary/aromatic N) is 2. The third kappa shape index (κ3) is 2.56. The third-order valence-corrected chi connectivity index (χ3v) is 2.96. The second-order valence-corrected chi connectivity index (χ2v) is 4.18. The summed E-state index contributed by atoms with van der Waals surface area (Å²) in [7, 11) is 1.72. The molecule has 0 aliphatic carbocycles. The van der Waals surface area contributed by atoms with E-state index in [-0.39, 0.29) is 0 Å². The molecule has 0 saturated heterocycles. The van der Waals surface area contributed by atoms with Crippen LogP contribution in [-0.2, 0) is 0 Å². The molecule has 0 spiro atoms. The number of hydrogen-bond donors (Lipinski definition) is 2. The van der Waals surface area contributed by atoms with Crippen LogP contribution in [0.1, 0.15) is 0 Å². The highest BCUT2D eigenvalue weighted by atomic mass is 79.9. The van der Waals surface area contributed by atoms with E-state index in [4.69, 9.17) is 0 Å². The van der Waals surface area contributed by atoms with Crippen LogP contribution in [0.4, 0.5) is 26.1 Å². The minimum absolute atomic E-state index is 0.398. The van der Waals surface area contributed by atoms with Gasteiger partial charge in [-0.15, -0.1) is 0 Å². The van der Waals surface area contributed by atoms with Crippen molar-refractivity contribution in [3.05, 3.63) is 40.6 Å². The van der Waals surface area contributed by atoms with Crippen molar-refractivity contribution < 1.29 is 8.78 Å². The lowest BCUT2D eigenvalue weighted by atomic mass is 10.3. The first-order valence-electron chi connectivity index (χ1n) is 5.02. The molecule has 0 amide bonds. The van der Waals surface area contributed by atoms with Crippen LogP contribution in [0.15, 0.2) is 29.0 Å². The SMILES string of the molecule is CNc1ncnc(Nc2ccc(F)c(F)c2)c1Br. The first kappa shape index (κ1) is 12.7. The Labute approximate surface area is 111 Å². The van der Waals surface area contributed by atoms with E-state index in [0.717, 1.165) is 12.1 Å². The number of halogens is 3. The van der Waals surface area contributed by atoms with Crippen molar-refractivity contribution in [2.24, 2.45) is 0 Å². The van der Waals surface area contributed by atoms with Crippen molar-refractivity contribution in [3.63, 3.8) is 0 Å². The van der Waals surface area contributed by atoms with E-state index < -0.39 is 11.6 Å². The van der Waals surface area contributed by atoms with Gasteiger partial charge in [0.1, 0.15) is 22.4 Å². The molecule has 0 aliphatic heterocycles. The lowest BCUT2D eigenvalue weighted by Crippen LogP contribution is -2.01. The van der Waals surface area contributed by atoms with Gasteiger partial charge in [0.25, 0.3) is 0 Å². The van der Waals surface area contributed by atoms with Crippen LogP contribution >= 0.6 is 15.9 Å². The summed E-state index contributed by atoms with van der Waals surface area (Å²) in [6.45, 7) is 0. The Morgan fingerprint density at radius 3 is 2.50 bits per heavy atom. The standard InChI is InChI=1S/C11H9BrF2N4/c1-15-10-9(12)11(17-5-16-10)18-6-2-3-7(13)8(14)4-6/h2-5H,1H3,(H2,15,16,17,18). The summed E-state index contributed by atoms with van der Waals surface area (Å²) in [5, 5.41) is 5.74. The van der Waals surface area contributed by atoms with Gasteiger partial charge in [0.15, 0.2) is 11.6 Å². The minimum Gasteiger partial charge on any atom is -0.372 e. The zero-order valence-electron chi connectivity index (χ0n) is 9.34. The van der Waals surface area contributed by atoms with Crippen molar-refractivity contribution in [2.75, 3.05) is 17.7 Å². The molecule has 0 bridgehead atoms. The molecule has 2 aromatic rings. The summed E-state index contributed by atoms with van der Waals surface area (Å²) >= 11 is 3.31. The van der Waals surface area contributed by atoms with Crippen LogP contribution in [-0.4, -0.2) is 17.0 Å². The maximum atomic E-state index is 13.1. The van der Waals surface area contributed by atoms with Gasteiger partial charge in [-0.25, -0.2) is 18.7 Å². The normalized spacial score (nSPS) is 10.2. The number of nitrogens with one attached hydrogen (secondary N) is 2. The first-order chi connectivity index (χ1) is 8.61. The summed E-state index contributed by atoms with van der Waals surface area (Å²) in [5.41, 5.74) is 0.398. The zero-order valence-corrected chi connectivity index (χ0v) is 10.9. The van der Waals surface area contributed by atoms with E-state index in [1.165, 1.54) is 12.4 Å². The largest absolute Gasteiger partial charge is 0.372 e. The Bertz CT molecular complexity index is 577. The molecular weight excluding hydrogens is 306 g/mol. The molecule has 94 valence electrons. The highest BCUT2D eigenvalue weighted by molar-refractivity contribution is 9.10. The highest BCUT2D eigenvalue weighted by Gasteiger charge is 2.09. The molecule has 1 heterocycles. The van der Waals surface area contributed by atoms with Gasteiger partial charge in [-0.2, -0.15) is 0 Å². The van der Waals surface area contributed by atoms with Crippen LogP contribution in [0.2, 0.25) is 0 Å². The number of hydrogen-bond acceptors (Lipinski definition) is 4. The number of rotatable bonds is 3. The first-order valence-corrected chi connectivity index (χ1v) is 5.81. The predicted octanol–water partition coefficient (Wildman–Crippen LogP) is 3.30. The van der Waals surface area contributed by atoms with Gasteiger partial charge in [-0.1, -0.05) is 0 Å². The predicted molar refractivity (Wildman–Crippen MR) is 68.9 cm³/mol. The second kappa shape index (κ2) is 5.26. The molecule has 1 aromatic heterocycles. The molecule has 0 saturated carbocycles. The lowest BCUT2D eigenvalue weighted by molar-refractivity contribution is 0.509. The summed E-state index contributed by atoms with van der Waals surface area (Å²) < 4.78 is 26.5. The fourth-order valence-corrected chi connectivity index (χ4v) is 1.84. The zero-order chi connectivity index (χ0) is 13.1. The van der Waals surface area contributed by atoms with E-state index in [1.54, 1.807) is 7.05 Å². The molecule has 7 heteroatoms. The number of aromatic nitrogens is 2. The van der Waals surface area contributed by atoms with Gasteiger partial charge in [-0.3, -0.25) is 0 Å². The Balaban J connectivity index is 2.31.